The Hall–Kier alpha value is -1.94. The summed E-state index contributed by atoms with van der Waals surface area (Å²) in [6.07, 6.45) is 0. The number of alkyl halides is 1. The fourth-order valence-electron chi connectivity index (χ4n) is 1.81. The first-order valence-electron chi connectivity index (χ1n) is 5.96. The molecule has 5 heteroatoms. The molecule has 0 aliphatic heterocycles. The number of rotatable bonds is 4. The maximum absolute atomic E-state index is 13.3. The van der Waals surface area contributed by atoms with Crippen molar-refractivity contribution in [3.8, 4) is 0 Å². The van der Waals surface area contributed by atoms with Crippen LogP contribution in [0.4, 0.5) is 14.5 Å². The Kier molecular flexibility index (Phi) is 4.69. The van der Waals surface area contributed by atoms with E-state index < -0.39 is 5.82 Å². The van der Waals surface area contributed by atoms with Crippen molar-refractivity contribution >= 4 is 23.2 Å². The van der Waals surface area contributed by atoms with Crippen molar-refractivity contribution in [2.75, 3.05) is 10.8 Å². The van der Waals surface area contributed by atoms with E-state index in [1.807, 2.05) is 0 Å². The highest BCUT2D eigenvalue weighted by Gasteiger charge is 2.15. The molecular weight excluding hydrogens is 284 g/mol. The van der Waals surface area contributed by atoms with Gasteiger partial charge in [0.1, 0.15) is 17.5 Å². The van der Waals surface area contributed by atoms with Gasteiger partial charge in [0.2, 0.25) is 5.91 Å². The summed E-state index contributed by atoms with van der Waals surface area (Å²) in [6, 6.07) is 11.5. The zero-order valence-corrected chi connectivity index (χ0v) is 11.3. The molecule has 0 bridgehead atoms. The normalized spacial score (nSPS) is 10.3. The second-order valence-corrected chi connectivity index (χ2v) is 4.49. The predicted octanol–water partition coefficient (Wildman–Crippen LogP) is 3.74. The summed E-state index contributed by atoms with van der Waals surface area (Å²) < 4.78 is 26.1. The molecule has 0 fully saturated rings. The van der Waals surface area contributed by atoms with Gasteiger partial charge in [-0.3, -0.25) is 4.79 Å². The van der Waals surface area contributed by atoms with E-state index in [1.54, 1.807) is 18.2 Å². The standard InChI is InChI=1S/C15H12ClF2NO/c16-9-15(20)19(14-3-1-2-13(18)8-14)10-11-4-6-12(17)7-5-11/h1-8H,9-10H2. The van der Waals surface area contributed by atoms with Gasteiger partial charge in [0.05, 0.1) is 6.54 Å². The van der Waals surface area contributed by atoms with E-state index in [9.17, 15) is 13.6 Å². The van der Waals surface area contributed by atoms with E-state index in [4.69, 9.17) is 11.6 Å². The molecule has 1 amide bonds. The van der Waals surface area contributed by atoms with Crippen LogP contribution in [0.2, 0.25) is 0 Å². The van der Waals surface area contributed by atoms with E-state index in [2.05, 4.69) is 0 Å². The fraction of sp³-hybridized carbons (Fsp3) is 0.133. The number of amides is 1. The Bertz CT molecular complexity index is 601. The van der Waals surface area contributed by atoms with Gasteiger partial charge in [-0.25, -0.2) is 8.78 Å². The van der Waals surface area contributed by atoms with E-state index >= 15 is 0 Å². The van der Waals surface area contributed by atoms with Crippen molar-refractivity contribution in [1.29, 1.82) is 0 Å². The van der Waals surface area contributed by atoms with Crippen molar-refractivity contribution in [2.45, 2.75) is 6.54 Å². The van der Waals surface area contributed by atoms with Crippen LogP contribution in [-0.4, -0.2) is 11.8 Å². The molecule has 0 N–H and O–H groups in total. The molecule has 0 aliphatic carbocycles. The predicted molar refractivity (Wildman–Crippen MR) is 74.7 cm³/mol. The third-order valence-corrected chi connectivity index (χ3v) is 3.02. The molecule has 0 saturated heterocycles. The van der Waals surface area contributed by atoms with Crippen LogP contribution in [0.5, 0.6) is 0 Å². The van der Waals surface area contributed by atoms with Gasteiger partial charge in [-0.15, -0.1) is 11.6 Å². The number of anilines is 1. The van der Waals surface area contributed by atoms with Crippen molar-refractivity contribution < 1.29 is 13.6 Å². The molecule has 0 aromatic heterocycles. The van der Waals surface area contributed by atoms with Crippen LogP contribution in [-0.2, 0) is 11.3 Å². The Labute approximate surface area is 120 Å². The van der Waals surface area contributed by atoms with Gasteiger partial charge in [0.15, 0.2) is 0 Å². The van der Waals surface area contributed by atoms with Crippen molar-refractivity contribution in [2.24, 2.45) is 0 Å². The molecule has 104 valence electrons. The monoisotopic (exact) mass is 295 g/mol. The second kappa shape index (κ2) is 6.48. The molecule has 0 saturated carbocycles. The van der Waals surface area contributed by atoms with Gasteiger partial charge in [-0.1, -0.05) is 18.2 Å². The molecular formula is C15H12ClF2NO. The Morgan fingerprint density at radius 3 is 2.35 bits per heavy atom. The van der Waals surface area contributed by atoms with Crippen LogP contribution in [0.15, 0.2) is 48.5 Å². The van der Waals surface area contributed by atoms with Crippen molar-refractivity contribution in [3.05, 3.63) is 65.7 Å². The number of hydrogen-bond acceptors (Lipinski definition) is 1. The first-order chi connectivity index (χ1) is 9.60. The lowest BCUT2D eigenvalue weighted by atomic mass is 10.2. The zero-order valence-electron chi connectivity index (χ0n) is 10.5. The molecule has 2 aromatic rings. The molecule has 2 nitrogen and oxygen atoms in total. The Morgan fingerprint density at radius 2 is 1.75 bits per heavy atom. The molecule has 0 aliphatic rings. The van der Waals surface area contributed by atoms with Crippen LogP contribution in [0, 0.1) is 11.6 Å². The molecule has 0 heterocycles. The lowest BCUT2D eigenvalue weighted by molar-refractivity contribution is -0.116. The summed E-state index contributed by atoms with van der Waals surface area (Å²) in [5.41, 5.74) is 1.15. The number of carbonyl (C=O) groups excluding carboxylic acids is 1. The number of hydrogen-bond donors (Lipinski definition) is 0. The van der Waals surface area contributed by atoms with Gasteiger partial charge >= 0.3 is 0 Å². The minimum Gasteiger partial charge on any atom is -0.307 e. The second-order valence-electron chi connectivity index (χ2n) is 4.22. The number of nitrogens with zero attached hydrogens (tertiary/aromatic N) is 1. The molecule has 0 radical (unpaired) electrons. The summed E-state index contributed by atoms with van der Waals surface area (Å²) in [6.45, 7) is 0.204. The smallest absolute Gasteiger partial charge is 0.242 e. The summed E-state index contributed by atoms with van der Waals surface area (Å²) in [4.78, 5) is 13.3. The van der Waals surface area contributed by atoms with Crippen molar-refractivity contribution in [1.82, 2.24) is 0 Å². The lowest BCUT2D eigenvalue weighted by Gasteiger charge is -2.22. The van der Waals surface area contributed by atoms with Crippen molar-refractivity contribution in [3.63, 3.8) is 0 Å². The van der Waals surface area contributed by atoms with Crippen LogP contribution < -0.4 is 4.90 Å². The highest BCUT2D eigenvalue weighted by atomic mass is 35.5. The van der Waals surface area contributed by atoms with Crippen LogP contribution >= 0.6 is 11.6 Å². The first-order valence-corrected chi connectivity index (χ1v) is 6.50. The van der Waals surface area contributed by atoms with Gasteiger partial charge in [-0.2, -0.15) is 0 Å². The third kappa shape index (κ3) is 3.54. The maximum Gasteiger partial charge on any atom is 0.242 e. The molecule has 0 spiro atoms. The maximum atomic E-state index is 13.3. The summed E-state index contributed by atoms with van der Waals surface area (Å²) >= 11 is 5.58. The molecule has 0 atom stereocenters. The van der Waals surface area contributed by atoms with Crippen LogP contribution in [0.3, 0.4) is 0 Å². The fourth-order valence-corrected chi connectivity index (χ4v) is 1.96. The average molecular weight is 296 g/mol. The topological polar surface area (TPSA) is 20.3 Å². The summed E-state index contributed by atoms with van der Waals surface area (Å²) in [7, 11) is 0. The number of carbonyl (C=O) groups is 1. The van der Waals surface area contributed by atoms with Gasteiger partial charge in [0.25, 0.3) is 0 Å². The zero-order chi connectivity index (χ0) is 14.5. The SMILES string of the molecule is O=C(CCl)N(Cc1ccc(F)cc1)c1cccc(F)c1. The minimum atomic E-state index is -0.436. The van der Waals surface area contributed by atoms with E-state index in [0.717, 1.165) is 5.56 Å². The highest BCUT2D eigenvalue weighted by Crippen LogP contribution is 2.19. The lowest BCUT2D eigenvalue weighted by Crippen LogP contribution is -2.31. The van der Waals surface area contributed by atoms with Gasteiger partial charge in [-0.05, 0) is 35.9 Å². The van der Waals surface area contributed by atoms with Crippen LogP contribution in [0.25, 0.3) is 0 Å². The van der Waals surface area contributed by atoms with Gasteiger partial charge in [0, 0.05) is 5.69 Å². The number of benzene rings is 2. The molecule has 2 rings (SSSR count). The minimum absolute atomic E-state index is 0.204. The number of halogens is 3. The Morgan fingerprint density at radius 1 is 1.05 bits per heavy atom. The highest BCUT2D eigenvalue weighted by molar-refractivity contribution is 6.29. The molecule has 2 aromatic carbocycles. The quantitative estimate of drug-likeness (QED) is 0.787. The molecule has 0 unspecified atom stereocenters. The van der Waals surface area contributed by atoms with E-state index in [-0.39, 0.29) is 24.1 Å². The Balaban J connectivity index is 2.28. The van der Waals surface area contributed by atoms with Gasteiger partial charge < -0.3 is 4.90 Å². The summed E-state index contributed by atoms with van der Waals surface area (Å²) in [5.74, 6) is -1.34. The van der Waals surface area contributed by atoms with E-state index in [1.165, 1.54) is 35.2 Å². The first kappa shape index (κ1) is 14.5. The third-order valence-electron chi connectivity index (χ3n) is 2.79. The van der Waals surface area contributed by atoms with E-state index in [0.29, 0.717) is 5.69 Å². The van der Waals surface area contributed by atoms with Crippen LogP contribution in [0.1, 0.15) is 5.56 Å². The summed E-state index contributed by atoms with van der Waals surface area (Å²) in [5, 5.41) is 0. The largest absolute Gasteiger partial charge is 0.307 e. The average Bonchev–Trinajstić information content (AvgIpc) is 2.46. The molecule has 20 heavy (non-hydrogen) atoms.